The first kappa shape index (κ1) is 31.9. The highest BCUT2D eigenvalue weighted by atomic mass is 16.3. The van der Waals surface area contributed by atoms with Gasteiger partial charge in [0.25, 0.3) is 0 Å². The van der Waals surface area contributed by atoms with Crippen molar-refractivity contribution in [3.63, 3.8) is 0 Å². The minimum atomic E-state index is 0.678. The average Bonchev–Trinajstić information content (AvgIpc) is 3.86. The van der Waals surface area contributed by atoms with Crippen LogP contribution in [0.4, 0.5) is 0 Å². The zero-order valence-electron chi connectivity index (χ0n) is 30.2. The molecular formula is C52H32N2O2. The molecule has 0 unspecified atom stereocenters. The van der Waals surface area contributed by atoms with Crippen LogP contribution in [0.25, 0.3) is 111 Å². The van der Waals surface area contributed by atoms with Crippen molar-refractivity contribution >= 4 is 43.9 Å². The lowest BCUT2D eigenvalue weighted by Crippen LogP contribution is -1.96. The van der Waals surface area contributed by atoms with E-state index in [9.17, 15) is 0 Å². The summed E-state index contributed by atoms with van der Waals surface area (Å²) in [5.74, 6) is 0.678. The Morgan fingerprint density at radius 1 is 0.286 bits per heavy atom. The van der Waals surface area contributed by atoms with Crippen LogP contribution < -0.4 is 0 Å². The number of fused-ring (bicyclic) bond motifs is 6. The van der Waals surface area contributed by atoms with Gasteiger partial charge in [0.2, 0.25) is 0 Å². The number of furan rings is 2. The molecule has 0 spiro atoms. The minimum Gasteiger partial charge on any atom is -0.455 e. The molecule has 0 radical (unpaired) electrons. The summed E-state index contributed by atoms with van der Waals surface area (Å²) in [7, 11) is 0. The Labute approximate surface area is 323 Å². The molecule has 0 saturated carbocycles. The zero-order valence-corrected chi connectivity index (χ0v) is 30.2. The lowest BCUT2D eigenvalue weighted by Gasteiger charge is -2.14. The fourth-order valence-electron chi connectivity index (χ4n) is 7.96. The molecule has 8 aromatic carbocycles. The number of nitrogens with zero attached hydrogens (tertiary/aromatic N) is 2. The zero-order chi connectivity index (χ0) is 37.0. The molecule has 0 aliphatic heterocycles. The normalized spacial score (nSPS) is 11.6. The molecule has 0 fully saturated rings. The maximum absolute atomic E-state index is 6.57. The SMILES string of the molecule is c1ccc(-c2cc(-c3cc(-c4ccc(-c5cccc6c5oc5ccccc56)cc4)cc(-c4cccc5c4oc4ccccc45)c3)nc(-c3ccccc3)n2)cc1. The predicted octanol–water partition coefficient (Wildman–Crippen LogP) is 14.3. The first-order valence-electron chi connectivity index (χ1n) is 18.8. The molecule has 0 aliphatic carbocycles. The topological polar surface area (TPSA) is 52.1 Å². The van der Waals surface area contributed by atoms with Gasteiger partial charge in [-0.25, -0.2) is 9.97 Å². The Balaban J connectivity index is 1.10. The van der Waals surface area contributed by atoms with Gasteiger partial charge in [-0.1, -0.05) is 158 Å². The van der Waals surface area contributed by atoms with Crippen LogP contribution in [0.15, 0.2) is 203 Å². The van der Waals surface area contributed by atoms with E-state index in [-0.39, 0.29) is 0 Å². The third kappa shape index (κ3) is 5.47. The molecule has 0 N–H and O–H groups in total. The van der Waals surface area contributed by atoms with E-state index >= 15 is 0 Å². The molecule has 262 valence electrons. The van der Waals surface area contributed by atoms with Crippen molar-refractivity contribution < 1.29 is 8.83 Å². The molecule has 11 aromatic rings. The fraction of sp³-hybridized carbons (Fsp3) is 0. The summed E-state index contributed by atoms with van der Waals surface area (Å²) in [6.45, 7) is 0. The van der Waals surface area contributed by atoms with Crippen LogP contribution in [0.5, 0.6) is 0 Å². The Bertz CT molecular complexity index is 3180. The second kappa shape index (κ2) is 13.1. The van der Waals surface area contributed by atoms with Crippen LogP contribution >= 0.6 is 0 Å². The number of benzene rings is 8. The largest absolute Gasteiger partial charge is 0.455 e. The van der Waals surface area contributed by atoms with Gasteiger partial charge in [0.15, 0.2) is 5.82 Å². The highest BCUT2D eigenvalue weighted by molar-refractivity contribution is 6.11. The third-order valence-electron chi connectivity index (χ3n) is 10.7. The van der Waals surface area contributed by atoms with E-state index in [0.29, 0.717) is 5.82 Å². The highest BCUT2D eigenvalue weighted by Crippen LogP contribution is 2.41. The molecule has 0 aliphatic rings. The van der Waals surface area contributed by atoms with E-state index in [1.54, 1.807) is 0 Å². The Morgan fingerprint density at radius 2 is 0.750 bits per heavy atom. The van der Waals surface area contributed by atoms with Crippen molar-refractivity contribution in [1.82, 2.24) is 9.97 Å². The number of rotatable bonds is 6. The van der Waals surface area contributed by atoms with Gasteiger partial charge >= 0.3 is 0 Å². The number of para-hydroxylation sites is 4. The number of hydrogen-bond acceptors (Lipinski definition) is 4. The van der Waals surface area contributed by atoms with Gasteiger partial charge in [-0.15, -0.1) is 0 Å². The van der Waals surface area contributed by atoms with Crippen molar-refractivity contribution in [3.05, 3.63) is 194 Å². The summed E-state index contributed by atoms with van der Waals surface area (Å²) in [5, 5.41) is 4.44. The first-order valence-corrected chi connectivity index (χ1v) is 18.8. The highest BCUT2D eigenvalue weighted by Gasteiger charge is 2.18. The van der Waals surface area contributed by atoms with Crippen LogP contribution in [0.3, 0.4) is 0 Å². The molecule has 4 nitrogen and oxygen atoms in total. The fourth-order valence-corrected chi connectivity index (χ4v) is 7.96. The van der Waals surface area contributed by atoms with Crippen LogP contribution in [0.1, 0.15) is 0 Å². The lowest BCUT2D eigenvalue weighted by atomic mass is 9.92. The number of aromatic nitrogens is 2. The molecule has 0 saturated heterocycles. The van der Waals surface area contributed by atoms with Gasteiger partial charge in [-0.05, 0) is 58.7 Å². The molecule has 3 heterocycles. The van der Waals surface area contributed by atoms with Gasteiger partial charge in [0, 0.05) is 49.4 Å². The predicted molar refractivity (Wildman–Crippen MR) is 229 cm³/mol. The molecule has 3 aromatic heterocycles. The summed E-state index contributed by atoms with van der Waals surface area (Å²) in [6, 6.07) is 67.4. The van der Waals surface area contributed by atoms with Gasteiger partial charge < -0.3 is 8.83 Å². The lowest BCUT2D eigenvalue weighted by molar-refractivity contribution is 0.669. The van der Waals surface area contributed by atoms with E-state index in [1.807, 2.05) is 60.7 Å². The average molecular weight is 717 g/mol. The van der Waals surface area contributed by atoms with Crippen LogP contribution in [-0.2, 0) is 0 Å². The molecule has 0 amide bonds. The van der Waals surface area contributed by atoms with Crippen molar-refractivity contribution in [3.8, 4) is 67.3 Å². The second-order valence-electron chi connectivity index (χ2n) is 14.1. The van der Waals surface area contributed by atoms with Crippen molar-refractivity contribution in [2.75, 3.05) is 0 Å². The van der Waals surface area contributed by atoms with E-state index in [0.717, 1.165) is 105 Å². The van der Waals surface area contributed by atoms with Crippen LogP contribution in [0, 0.1) is 0 Å². The Morgan fingerprint density at radius 3 is 1.38 bits per heavy atom. The summed E-state index contributed by atoms with van der Waals surface area (Å²) < 4.78 is 13.0. The standard InChI is InChI=1S/C52H32N2O2/c1-3-13-35(14-4-1)46-32-47(54-52(53-46)36-15-5-2-6-16-36)39-30-37(29-38(31-39)41-20-12-22-45-43-18-8-10-24-49(43)56-51(41)45)33-25-27-34(28-26-33)40-19-11-21-44-42-17-7-9-23-48(42)55-50(40)44/h1-32H. The molecule has 0 atom stereocenters. The van der Waals surface area contributed by atoms with E-state index < -0.39 is 0 Å². The van der Waals surface area contributed by atoms with Crippen molar-refractivity contribution in [2.45, 2.75) is 0 Å². The van der Waals surface area contributed by atoms with E-state index in [4.69, 9.17) is 18.8 Å². The van der Waals surface area contributed by atoms with Crippen molar-refractivity contribution in [1.29, 1.82) is 0 Å². The third-order valence-corrected chi connectivity index (χ3v) is 10.7. The molecular weight excluding hydrogens is 685 g/mol. The first-order chi connectivity index (χ1) is 27.7. The van der Waals surface area contributed by atoms with Gasteiger partial charge in [-0.3, -0.25) is 0 Å². The molecule has 4 heteroatoms. The molecule has 0 bridgehead atoms. The Hall–Kier alpha value is -7.56. The van der Waals surface area contributed by atoms with Crippen LogP contribution in [0.2, 0.25) is 0 Å². The van der Waals surface area contributed by atoms with Gasteiger partial charge in [0.1, 0.15) is 22.3 Å². The van der Waals surface area contributed by atoms with E-state index in [1.165, 1.54) is 0 Å². The quantitative estimate of drug-likeness (QED) is 0.172. The summed E-state index contributed by atoms with van der Waals surface area (Å²) in [5.41, 5.74) is 14.6. The Kier molecular flexibility index (Phi) is 7.46. The summed E-state index contributed by atoms with van der Waals surface area (Å²) in [4.78, 5) is 10.3. The van der Waals surface area contributed by atoms with Gasteiger partial charge in [0.05, 0.1) is 11.4 Å². The monoisotopic (exact) mass is 716 g/mol. The van der Waals surface area contributed by atoms with Crippen LogP contribution in [-0.4, -0.2) is 9.97 Å². The second-order valence-corrected chi connectivity index (χ2v) is 14.1. The molecule has 56 heavy (non-hydrogen) atoms. The maximum Gasteiger partial charge on any atom is 0.160 e. The number of hydrogen-bond donors (Lipinski definition) is 0. The molecule has 11 rings (SSSR count). The summed E-state index contributed by atoms with van der Waals surface area (Å²) in [6.07, 6.45) is 0. The summed E-state index contributed by atoms with van der Waals surface area (Å²) >= 11 is 0. The smallest absolute Gasteiger partial charge is 0.160 e. The maximum atomic E-state index is 6.57. The van der Waals surface area contributed by atoms with Gasteiger partial charge in [-0.2, -0.15) is 0 Å². The minimum absolute atomic E-state index is 0.678. The van der Waals surface area contributed by atoms with E-state index in [2.05, 4.69) is 133 Å². The van der Waals surface area contributed by atoms with Crippen molar-refractivity contribution in [2.24, 2.45) is 0 Å².